The van der Waals surface area contributed by atoms with E-state index in [4.69, 9.17) is 9.47 Å². The monoisotopic (exact) mass is 432 g/mol. The van der Waals surface area contributed by atoms with Gasteiger partial charge in [0.2, 0.25) is 5.91 Å². The summed E-state index contributed by atoms with van der Waals surface area (Å²) in [5.74, 6) is 1.10. The van der Waals surface area contributed by atoms with Crippen LogP contribution in [0.15, 0.2) is 41.3 Å². The van der Waals surface area contributed by atoms with E-state index in [1.54, 1.807) is 42.2 Å². The number of carbonyl (C=O) groups is 1. The minimum atomic E-state index is -3.80. The summed E-state index contributed by atoms with van der Waals surface area (Å²) in [5, 5.41) is 0. The zero-order chi connectivity index (χ0) is 22.1. The zero-order valence-electron chi connectivity index (χ0n) is 18.0. The molecule has 0 radical (unpaired) electrons. The van der Waals surface area contributed by atoms with Gasteiger partial charge in [0.05, 0.1) is 28.3 Å². The molecular weight excluding hydrogens is 404 g/mol. The summed E-state index contributed by atoms with van der Waals surface area (Å²) < 4.78 is 39.7. The van der Waals surface area contributed by atoms with Crippen LogP contribution in [0.2, 0.25) is 0 Å². The van der Waals surface area contributed by atoms with Crippen molar-refractivity contribution < 1.29 is 22.7 Å². The fourth-order valence-electron chi connectivity index (χ4n) is 3.35. The first-order valence-corrected chi connectivity index (χ1v) is 11.4. The predicted octanol–water partition coefficient (Wildman–Crippen LogP) is 3.97. The van der Waals surface area contributed by atoms with Crippen molar-refractivity contribution in [2.75, 3.05) is 29.4 Å². The molecule has 1 N–H and O–H groups in total. The number of hydrogen-bond acceptors (Lipinski definition) is 5. The third-order valence-electron chi connectivity index (χ3n) is 4.99. The van der Waals surface area contributed by atoms with Crippen molar-refractivity contribution in [1.82, 2.24) is 0 Å². The molecule has 0 atom stereocenters. The molecule has 0 fully saturated rings. The van der Waals surface area contributed by atoms with Gasteiger partial charge in [-0.15, -0.1) is 0 Å². The van der Waals surface area contributed by atoms with Crippen LogP contribution in [-0.2, 0) is 14.8 Å². The lowest BCUT2D eigenvalue weighted by Crippen LogP contribution is -2.42. The molecule has 2 aromatic rings. The van der Waals surface area contributed by atoms with Gasteiger partial charge in [-0.1, -0.05) is 0 Å². The highest BCUT2D eigenvalue weighted by molar-refractivity contribution is 7.92. The quantitative estimate of drug-likeness (QED) is 0.747. The molecular formula is C22H28N2O5S. The summed E-state index contributed by atoms with van der Waals surface area (Å²) in [5.41, 5.74) is 1.06. The molecule has 7 nitrogen and oxygen atoms in total. The number of nitrogens with zero attached hydrogens (tertiary/aromatic N) is 1. The van der Waals surface area contributed by atoms with Crippen molar-refractivity contribution in [1.29, 1.82) is 0 Å². The standard InChI is InChI=1S/C22H28N2O5S/c1-6-24-18-10-8-16(13-20(18)29-14-22(4,5)21(24)25)23-30(26,27)17-9-11-19(28-7-2)15(3)12-17/h8-13,23H,6-7,14H2,1-5H3. The molecule has 2 aromatic carbocycles. The lowest BCUT2D eigenvalue weighted by atomic mass is 9.93. The van der Waals surface area contributed by atoms with Gasteiger partial charge in [-0.3, -0.25) is 9.52 Å². The molecule has 1 heterocycles. The molecule has 0 saturated carbocycles. The highest BCUT2D eigenvalue weighted by atomic mass is 32.2. The van der Waals surface area contributed by atoms with Gasteiger partial charge in [-0.2, -0.15) is 0 Å². The second-order valence-electron chi connectivity index (χ2n) is 7.87. The Balaban J connectivity index is 1.91. The second kappa shape index (κ2) is 8.18. The van der Waals surface area contributed by atoms with Crippen molar-refractivity contribution in [2.45, 2.75) is 39.5 Å². The van der Waals surface area contributed by atoms with E-state index in [0.717, 1.165) is 5.56 Å². The highest BCUT2D eigenvalue weighted by Crippen LogP contribution is 2.38. The van der Waals surface area contributed by atoms with Gasteiger partial charge in [-0.05, 0) is 70.5 Å². The minimum absolute atomic E-state index is 0.0260. The van der Waals surface area contributed by atoms with Crippen molar-refractivity contribution in [2.24, 2.45) is 5.41 Å². The Morgan fingerprint density at radius 1 is 1.17 bits per heavy atom. The number of anilines is 2. The summed E-state index contributed by atoms with van der Waals surface area (Å²) in [4.78, 5) is 14.6. The molecule has 1 amide bonds. The lowest BCUT2D eigenvalue weighted by Gasteiger charge is -2.26. The molecule has 8 heteroatoms. The summed E-state index contributed by atoms with van der Waals surface area (Å²) in [6, 6.07) is 9.70. The van der Waals surface area contributed by atoms with Crippen LogP contribution < -0.4 is 19.1 Å². The van der Waals surface area contributed by atoms with E-state index in [0.29, 0.717) is 36.0 Å². The van der Waals surface area contributed by atoms with E-state index in [-0.39, 0.29) is 17.4 Å². The van der Waals surface area contributed by atoms with E-state index in [1.165, 1.54) is 6.07 Å². The molecule has 0 bridgehead atoms. The van der Waals surface area contributed by atoms with Gasteiger partial charge in [0.1, 0.15) is 18.1 Å². The summed E-state index contributed by atoms with van der Waals surface area (Å²) >= 11 is 0. The van der Waals surface area contributed by atoms with Gasteiger partial charge in [0.15, 0.2) is 0 Å². The summed E-state index contributed by atoms with van der Waals surface area (Å²) in [6.45, 7) is 10.5. The van der Waals surface area contributed by atoms with E-state index < -0.39 is 15.4 Å². The van der Waals surface area contributed by atoms with Crippen LogP contribution in [0.25, 0.3) is 0 Å². The van der Waals surface area contributed by atoms with Crippen LogP contribution in [0.1, 0.15) is 33.3 Å². The maximum absolute atomic E-state index is 12.9. The van der Waals surface area contributed by atoms with Gasteiger partial charge in [0, 0.05) is 12.6 Å². The number of ether oxygens (including phenoxy) is 2. The zero-order valence-corrected chi connectivity index (χ0v) is 18.8. The molecule has 0 aromatic heterocycles. The average molecular weight is 433 g/mol. The molecule has 30 heavy (non-hydrogen) atoms. The maximum atomic E-state index is 12.9. The van der Waals surface area contributed by atoms with E-state index in [1.807, 2.05) is 27.7 Å². The summed E-state index contributed by atoms with van der Waals surface area (Å²) in [6.07, 6.45) is 0. The van der Waals surface area contributed by atoms with E-state index in [9.17, 15) is 13.2 Å². The molecule has 1 aliphatic heterocycles. The fraction of sp³-hybridized carbons (Fsp3) is 0.409. The van der Waals surface area contributed by atoms with Crippen LogP contribution in [0.3, 0.4) is 0 Å². The number of hydrogen-bond donors (Lipinski definition) is 1. The minimum Gasteiger partial charge on any atom is -0.494 e. The SMILES string of the molecule is CCOc1ccc(S(=O)(=O)Nc2ccc3c(c2)OCC(C)(C)C(=O)N3CC)cc1C. The van der Waals surface area contributed by atoms with Crippen molar-refractivity contribution in [3.8, 4) is 11.5 Å². The normalized spacial score (nSPS) is 15.8. The average Bonchev–Trinajstić information content (AvgIpc) is 2.78. The lowest BCUT2D eigenvalue weighted by molar-refractivity contribution is -0.127. The largest absolute Gasteiger partial charge is 0.494 e. The smallest absolute Gasteiger partial charge is 0.261 e. The fourth-order valence-corrected chi connectivity index (χ4v) is 4.48. The van der Waals surface area contributed by atoms with Crippen LogP contribution in [-0.4, -0.2) is 34.1 Å². The van der Waals surface area contributed by atoms with Crippen molar-refractivity contribution in [3.05, 3.63) is 42.0 Å². The van der Waals surface area contributed by atoms with Crippen LogP contribution >= 0.6 is 0 Å². The number of carbonyl (C=O) groups excluding carboxylic acids is 1. The van der Waals surface area contributed by atoms with Gasteiger partial charge in [0.25, 0.3) is 10.0 Å². The number of fused-ring (bicyclic) bond motifs is 1. The molecule has 0 spiro atoms. The highest BCUT2D eigenvalue weighted by Gasteiger charge is 2.37. The first-order valence-electron chi connectivity index (χ1n) is 9.94. The number of benzene rings is 2. The van der Waals surface area contributed by atoms with Crippen LogP contribution in [0.5, 0.6) is 11.5 Å². The van der Waals surface area contributed by atoms with Crippen molar-refractivity contribution in [3.63, 3.8) is 0 Å². The third kappa shape index (κ3) is 4.23. The van der Waals surface area contributed by atoms with Crippen molar-refractivity contribution >= 4 is 27.3 Å². The van der Waals surface area contributed by atoms with Gasteiger partial charge in [-0.25, -0.2) is 8.42 Å². The van der Waals surface area contributed by atoms with Gasteiger partial charge < -0.3 is 14.4 Å². The first-order chi connectivity index (χ1) is 14.1. The molecule has 0 aliphatic carbocycles. The maximum Gasteiger partial charge on any atom is 0.261 e. The Morgan fingerprint density at radius 3 is 2.53 bits per heavy atom. The Kier molecular flexibility index (Phi) is 5.99. The molecule has 3 rings (SSSR count). The second-order valence-corrected chi connectivity index (χ2v) is 9.55. The molecule has 0 unspecified atom stereocenters. The number of amides is 1. The van der Waals surface area contributed by atoms with E-state index in [2.05, 4.69) is 4.72 Å². The predicted molar refractivity (Wildman–Crippen MR) is 117 cm³/mol. The van der Waals surface area contributed by atoms with Gasteiger partial charge >= 0.3 is 0 Å². The molecule has 162 valence electrons. The third-order valence-corrected chi connectivity index (χ3v) is 6.37. The Hall–Kier alpha value is -2.74. The number of aryl methyl sites for hydroxylation is 1. The summed E-state index contributed by atoms with van der Waals surface area (Å²) in [7, 11) is -3.80. The number of sulfonamides is 1. The number of nitrogens with one attached hydrogen (secondary N) is 1. The topological polar surface area (TPSA) is 84.9 Å². The first kappa shape index (κ1) is 22.0. The van der Waals surface area contributed by atoms with Crippen LogP contribution in [0.4, 0.5) is 11.4 Å². The number of rotatable bonds is 6. The van der Waals surface area contributed by atoms with Crippen LogP contribution in [0, 0.1) is 12.3 Å². The van der Waals surface area contributed by atoms with E-state index >= 15 is 0 Å². The molecule has 1 aliphatic rings. The Labute approximate surface area is 178 Å². The Morgan fingerprint density at radius 2 is 1.90 bits per heavy atom. The Bertz CT molecular complexity index is 1060. The molecule has 0 saturated heterocycles.